The van der Waals surface area contributed by atoms with Crippen LogP contribution in [-0.2, 0) is 4.79 Å². The summed E-state index contributed by atoms with van der Waals surface area (Å²) in [6.07, 6.45) is 3.02. The summed E-state index contributed by atoms with van der Waals surface area (Å²) in [4.78, 5) is 27.9. The molecule has 0 spiro atoms. The number of fused-ring (bicyclic) bond motifs is 1. The van der Waals surface area contributed by atoms with E-state index in [1.165, 1.54) is 10.7 Å². The van der Waals surface area contributed by atoms with E-state index in [2.05, 4.69) is 15.4 Å². The van der Waals surface area contributed by atoms with E-state index in [0.29, 0.717) is 11.2 Å². The molecule has 7 nitrogen and oxygen atoms in total. The molecule has 0 radical (unpaired) electrons. The Labute approximate surface area is 128 Å². The highest BCUT2D eigenvalue weighted by atomic mass is 16.4. The minimum Gasteiger partial charge on any atom is -0.481 e. The van der Waals surface area contributed by atoms with Crippen molar-refractivity contribution in [3.8, 4) is 0 Å². The van der Waals surface area contributed by atoms with Gasteiger partial charge >= 0.3 is 5.97 Å². The standard InChI is InChI=1S/C15H20N4O3/c1-9(2)15(4,7-12(20)21)18-14(22)11-8-16-19-6-5-10(3)17-13(11)19/h5-6,8-9H,7H2,1-4H3,(H,18,22)(H,20,21). The molecule has 0 bridgehead atoms. The number of hydrogen-bond donors (Lipinski definition) is 2. The van der Waals surface area contributed by atoms with Gasteiger partial charge in [0, 0.05) is 11.9 Å². The monoisotopic (exact) mass is 304 g/mol. The van der Waals surface area contributed by atoms with Crippen LogP contribution in [0.1, 0.15) is 43.2 Å². The molecule has 1 amide bonds. The molecular weight excluding hydrogens is 284 g/mol. The molecule has 2 rings (SSSR count). The van der Waals surface area contributed by atoms with E-state index >= 15 is 0 Å². The average molecular weight is 304 g/mol. The van der Waals surface area contributed by atoms with Gasteiger partial charge in [-0.1, -0.05) is 13.8 Å². The SMILES string of the molecule is Cc1ccn2ncc(C(=O)NC(C)(CC(=O)O)C(C)C)c2n1. The number of nitrogens with zero attached hydrogens (tertiary/aromatic N) is 3. The molecule has 2 aromatic rings. The average Bonchev–Trinajstić information content (AvgIpc) is 2.80. The number of carboxylic acids is 1. The third-order valence-electron chi connectivity index (χ3n) is 3.94. The van der Waals surface area contributed by atoms with Crippen LogP contribution < -0.4 is 5.32 Å². The molecule has 0 saturated carbocycles. The third kappa shape index (κ3) is 3.08. The Morgan fingerprint density at radius 3 is 2.73 bits per heavy atom. The number of aromatic nitrogens is 3. The normalized spacial score (nSPS) is 14.0. The van der Waals surface area contributed by atoms with Crippen LogP contribution in [-0.4, -0.2) is 37.1 Å². The lowest BCUT2D eigenvalue weighted by molar-refractivity contribution is -0.138. The summed E-state index contributed by atoms with van der Waals surface area (Å²) in [7, 11) is 0. The van der Waals surface area contributed by atoms with E-state index in [1.807, 2.05) is 20.8 Å². The second-order valence-corrected chi connectivity index (χ2v) is 5.99. The number of hydrogen-bond acceptors (Lipinski definition) is 4. The maximum atomic E-state index is 12.5. The fraction of sp³-hybridized carbons (Fsp3) is 0.467. The lowest BCUT2D eigenvalue weighted by atomic mass is 9.85. The van der Waals surface area contributed by atoms with E-state index in [0.717, 1.165) is 5.69 Å². The van der Waals surface area contributed by atoms with Crippen molar-refractivity contribution in [2.45, 2.75) is 39.7 Å². The van der Waals surface area contributed by atoms with Crippen molar-refractivity contribution < 1.29 is 14.7 Å². The number of rotatable bonds is 5. The fourth-order valence-corrected chi connectivity index (χ4v) is 2.15. The van der Waals surface area contributed by atoms with Crippen molar-refractivity contribution in [2.24, 2.45) is 5.92 Å². The molecule has 2 heterocycles. The molecule has 1 unspecified atom stereocenters. The van der Waals surface area contributed by atoms with Gasteiger partial charge in [0.2, 0.25) is 0 Å². The lowest BCUT2D eigenvalue weighted by Gasteiger charge is -2.33. The minimum absolute atomic E-state index is 0.0379. The predicted molar refractivity (Wildman–Crippen MR) is 80.7 cm³/mol. The van der Waals surface area contributed by atoms with Crippen molar-refractivity contribution in [1.82, 2.24) is 19.9 Å². The summed E-state index contributed by atoms with van der Waals surface area (Å²) in [5.74, 6) is -1.36. The molecule has 0 aliphatic rings. The van der Waals surface area contributed by atoms with Crippen molar-refractivity contribution in [2.75, 3.05) is 0 Å². The first-order chi connectivity index (χ1) is 10.2. The Bertz CT molecular complexity index is 723. The number of carboxylic acid groups (broad SMARTS) is 1. The molecule has 118 valence electrons. The third-order valence-corrected chi connectivity index (χ3v) is 3.94. The van der Waals surface area contributed by atoms with E-state index in [1.54, 1.807) is 19.2 Å². The van der Waals surface area contributed by atoms with E-state index in [-0.39, 0.29) is 18.2 Å². The maximum Gasteiger partial charge on any atom is 0.305 e. The molecule has 7 heteroatoms. The summed E-state index contributed by atoms with van der Waals surface area (Å²) in [5, 5.41) is 16.0. The Morgan fingerprint density at radius 2 is 2.14 bits per heavy atom. The zero-order chi connectivity index (χ0) is 16.5. The zero-order valence-corrected chi connectivity index (χ0v) is 13.1. The fourth-order valence-electron chi connectivity index (χ4n) is 2.15. The second-order valence-electron chi connectivity index (χ2n) is 5.99. The molecule has 22 heavy (non-hydrogen) atoms. The molecule has 0 saturated heterocycles. The predicted octanol–water partition coefficient (Wildman–Crippen LogP) is 1.66. The van der Waals surface area contributed by atoms with Gasteiger partial charge in [0.05, 0.1) is 18.2 Å². The lowest BCUT2D eigenvalue weighted by Crippen LogP contribution is -2.51. The van der Waals surface area contributed by atoms with Crippen LogP contribution in [0.15, 0.2) is 18.5 Å². The van der Waals surface area contributed by atoms with E-state index < -0.39 is 11.5 Å². The number of amides is 1. The van der Waals surface area contributed by atoms with Crippen LogP contribution in [0.5, 0.6) is 0 Å². The van der Waals surface area contributed by atoms with Crippen molar-refractivity contribution in [3.63, 3.8) is 0 Å². The minimum atomic E-state index is -0.953. The van der Waals surface area contributed by atoms with Gasteiger partial charge in [-0.15, -0.1) is 0 Å². The van der Waals surface area contributed by atoms with Crippen LogP contribution >= 0.6 is 0 Å². The molecule has 0 aliphatic carbocycles. The van der Waals surface area contributed by atoms with Crippen LogP contribution in [0.3, 0.4) is 0 Å². The zero-order valence-electron chi connectivity index (χ0n) is 13.1. The summed E-state index contributed by atoms with van der Waals surface area (Å²) >= 11 is 0. The van der Waals surface area contributed by atoms with Gasteiger partial charge < -0.3 is 10.4 Å². The van der Waals surface area contributed by atoms with E-state index in [4.69, 9.17) is 5.11 Å². The van der Waals surface area contributed by atoms with Gasteiger partial charge in [0.25, 0.3) is 5.91 Å². The second kappa shape index (κ2) is 5.75. The smallest absolute Gasteiger partial charge is 0.305 e. The Morgan fingerprint density at radius 1 is 1.45 bits per heavy atom. The molecule has 1 atom stereocenters. The van der Waals surface area contributed by atoms with Crippen LogP contribution in [0.4, 0.5) is 0 Å². The summed E-state index contributed by atoms with van der Waals surface area (Å²) in [5.41, 5.74) is 0.722. The Balaban J connectivity index is 2.33. The van der Waals surface area contributed by atoms with Crippen molar-refractivity contribution in [3.05, 3.63) is 29.7 Å². The molecule has 2 N–H and O–H groups in total. The molecule has 2 aromatic heterocycles. The van der Waals surface area contributed by atoms with Gasteiger partial charge in [0.15, 0.2) is 5.65 Å². The first kappa shape index (κ1) is 15.9. The first-order valence-electron chi connectivity index (χ1n) is 7.08. The number of nitrogens with one attached hydrogen (secondary N) is 1. The van der Waals surface area contributed by atoms with Gasteiger partial charge in [-0.3, -0.25) is 9.59 Å². The summed E-state index contributed by atoms with van der Waals surface area (Å²) in [6.45, 7) is 7.31. The number of carbonyl (C=O) groups excluding carboxylic acids is 1. The highest BCUT2D eigenvalue weighted by Crippen LogP contribution is 2.22. The van der Waals surface area contributed by atoms with Crippen LogP contribution in [0.2, 0.25) is 0 Å². The molecule has 0 aliphatic heterocycles. The Kier molecular flexibility index (Phi) is 4.16. The first-order valence-corrected chi connectivity index (χ1v) is 7.08. The number of aryl methyl sites for hydroxylation is 1. The molecule has 0 fully saturated rings. The molecule has 0 aromatic carbocycles. The van der Waals surface area contributed by atoms with Crippen LogP contribution in [0, 0.1) is 12.8 Å². The Hall–Kier alpha value is -2.44. The number of aliphatic carboxylic acids is 1. The summed E-state index contributed by atoms with van der Waals surface area (Å²) in [6, 6.07) is 1.80. The topological polar surface area (TPSA) is 96.6 Å². The highest BCUT2D eigenvalue weighted by Gasteiger charge is 2.33. The van der Waals surface area contributed by atoms with Gasteiger partial charge in [0.1, 0.15) is 5.56 Å². The molecular formula is C15H20N4O3. The largest absolute Gasteiger partial charge is 0.481 e. The highest BCUT2D eigenvalue weighted by molar-refractivity contribution is 6.00. The summed E-state index contributed by atoms with van der Waals surface area (Å²) < 4.78 is 1.52. The maximum absolute atomic E-state index is 12.5. The van der Waals surface area contributed by atoms with Crippen molar-refractivity contribution in [1.29, 1.82) is 0 Å². The quantitative estimate of drug-likeness (QED) is 0.875. The van der Waals surface area contributed by atoms with Gasteiger partial charge in [-0.05, 0) is 25.8 Å². The number of carbonyl (C=O) groups is 2. The van der Waals surface area contributed by atoms with Gasteiger partial charge in [-0.25, -0.2) is 9.50 Å². The van der Waals surface area contributed by atoms with E-state index in [9.17, 15) is 9.59 Å². The van der Waals surface area contributed by atoms with Crippen LogP contribution in [0.25, 0.3) is 5.65 Å². The van der Waals surface area contributed by atoms with Gasteiger partial charge in [-0.2, -0.15) is 5.10 Å². The van der Waals surface area contributed by atoms with Crippen molar-refractivity contribution >= 4 is 17.5 Å².